The second kappa shape index (κ2) is 6.85. The van der Waals surface area contributed by atoms with Crippen LogP contribution in [0, 0.1) is 5.92 Å². The fourth-order valence-electron chi connectivity index (χ4n) is 4.11. The third-order valence-electron chi connectivity index (χ3n) is 5.54. The van der Waals surface area contributed by atoms with Crippen LogP contribution in [0.3, 0.4) is 0 Å². The Kier molecular flexibility index (Phi) is 4.62. The molecule has 1 aromatic rings. The lowest BCUT2D eigenvalue weighted by Crippen LogP contribution is -2.68. The first-order valence-corrected chi connectivity index (χ1v) is 8.79. The van der Waals surface area contributed by atoms with E-state index in [1.165, 1.54) is 0 Å². The van der Waals surface area contributed by atoms with Gasteiger partial charge in [0, 0.05) is 51.1 Å². The second-order valence-electron chi connectivity index (χ2n) is 6.98. The molecule has 0 saturated carbocycles. The van der Waals surface area contributed by atoms with Crippen molar-refractivity contribution in [2.24, 2.45) is 5.92 Å². The van der Waals surface area contributed by atoms with Crippen LogP contribution in [0.1, 0.15) is 25.0 Å². The van der Waals surface area contributed by atoms with Gasteiger partial charge in [0.05, 0.1) is 24.5 Å². The standard InChI is InChI=1S/C18H26N2O3/c1-2-7-19-16(3-1)12-22-11-15-4-10-23-18(15)13-20(14-18)17-5-8-21-9-6-17/h1-3,7,15,17H,4-6,8-14H2/t15-/m0/s1. The van der Waals surface area contributed by atoms with Crippen molar-refractivity contribution in [2.75, 3.05) is 39.5 Å². The predicted molar refractivity (Wildman–Crippen MR) is 86.1 cm³/mol. The van der Waals surface area contributed by atoms with Crippen LogP contribution in [0.25, 0.3) is 0 Å². The summed E-state index contributed by atoms with van der Waals surface area (Å²) in [6.07, 6.45) is 5.26. The Bertz CT molecular complexity index is 498. The summed E-state index contributed by atoms with van der Waals surface area (Å²) in [5.74, 6) is 0.516. The summed E-state index contributed by atoms with van der Waals surface area (Å²) in [6.45, 7) is 6.19. The van der Waals surface area contributed by atoms with Gasteiger partial charge in [-0.2, -0.15) is 0 Å². The topological polar surface area (TPSA) is 43.8 Å². The Morgan fingerprint density at radius 2 is 2.04 bits per heavy atom. The van der Waals surface area contributed by atoms with Gasteiger partial charge in [-0.3, -0.25) is 9.88 Å². The molecule has 0 N–H and O–H groups in total. The van der Waals surface area contributed by atoms with Crippen LogP contribution in [0.4, 0.5) is 0 Å². The van der Waals surface area contributed by atoms with Crippen molar-refractivity contribution in [1.82, 2.24) is 9.88 Å². The first-order valence-electron chi connectivity index (χ1n) is 8.79. The van der Waals surface area contributed by atoms with Gasteiger partial charge in [-0.15, -0.1) is 0 Å². The van der Waals surface area contributed by atoms with Gasteiger partial charge in [0.15, 0.2) is 0 Å². The molecule has 0 amide bonds. The van der Waals surface area contributed by atoms with Crippen molar-refractivity contribution in [1.29, 1.82) is 0 Å². The number of ether oxygens (including phenoxy) is 3. The first-order chi connectivity index (χ1) is 11.4. The molecular weight excluding hydrogens is 292 g/mol. The summed E-state index contributed by atoms with van der Waals surface area (Å²) in [6, 6.07) is 6.64. The minimum absolute atomic E-state index is 0.0441. The molecular formula is C18H26N2O3. The minimum atomic E-state index is 0.0441. The van der Waals surface area contributed by atoms with Crippen molar-refractivity contribution in [3.8, 4) is 0 Å². The van der Waals surface area contributed by atoms with Crippen molar-refractivity contribution < 1.29 is 14.2 Å². The first kappa shape index (κ1) is 15.5. The molecule has 1 atom stereocenters. The summed E-state index contributed by atoms with van der Waals surface area (Å²) in [5, 5.41) is 0. The number of likely N-dealkylation sites (tertiary alicyclic amines) is 1. The Morgan fingerprint density at radius 3 is 2.83 bits per heavy atom. The molecule has 4 heterocycles. The summed E-state index contributed by atoms with van der Waals surface area (Å²) >= 11 is 0. The van der Waals surface area contributed by atoms with E-state index >= 15 is 0 Å². The SMILES string of the molecule is c1ccc(COC[C@@H]2CCOC23CN(C2CCOCC2)C3)nc1. The number of pyridine rings is 1. The summed E-state index contributed by atoms with van der Waals surface area (Å²) in [4.78, 5) is 6.89. The summed E-state index contributed by atoms with van der Waals surface area (Å²) in [5.41, 5.74) is 1.04. The van der Waals surface area contributed by atoms with Crippen LogP contribution in [0.15, 0.2) is 24.4 Å². The van der Waals surface area contributed by atoms with E-state index in [1.807, 2.05) is 24.4 Å². The Labute approximate surface area is 137 Å². The van der Waals surface area contributed by atoms with Crippen LogP contribution in [-0.4, -0.2) is 61.0 Å². The van der Waals surface area contributed by atoms with E-state index in [1.54, 1.807) is 0 Å². The average Bonchev–Trinajstić information content (AvgIpc) is 2.99. The zero-order valence-corrected chi connectivity index (χ0v) is 13.7. The van der Waals surface area contributed by atoms with Crippen molar-refractivity contribution in [3.63, 3.8) is 0 Å². The molecule has 0 radical (unpaired) electrons. The Morgan fingerprint density at radius 1 is 1.17 bits per heavy atom. The molecule has 126 valence electrons. The molecule has 0 aliphatic carbocycles. The smallest absolute Gasteiger partial charge is 0.0985 e. The predicted octanol–water partition coefficient (Wildman–Crippen LogP) is 1.87. The molecule has 23 heavy (non-hydrogen) atoms. The Balaban J connectivity index is 1.26. The highest BCUT2D eigenvalue weighted by Gasteiger charge is 2.54. The molecule has 5 nitrogen and oxygen atoms in total. The molecule has 3 aliphatic heterocycles. The maximum atomic E-state index is 6.14. The third-order valence-corrected chi connectivity index (χ3v) is 5.54. The van der Waals surface area contributed by atoms with E-state index in [9.17, 15) is 0 Å². The summed E-state index contributed by atoms with van der Waals surface area (Å²) in [7, 11) is 0. The zero-order chi connectivity index (χ0) is 15.5. The monoisotopic (exact) mass is 318 g/mol. The van der Waals surface area contributed by atoms with Gasteiger partial charge in [-0.05, 0) is 31.4 Å². The molecule has 1 spiro atoms. The van der Waals surface area contributed by atoms with Crippen LogP contribution in [-0.2, 0) is 20.8 Å². The van der Waals surface area contributed by atoms with E-state index < -0.39 is 0 Å². The van der Waals surface area contributed by atoms with Gasteiger partial charge in [0.1, 0.15) is 0 Å². The lowest BCUT2D eigenvalue weighted by Gasteiger charge is -2.54. The van der Waals surface area contributed by atoms with Crippen molar-refractivity contribution >= 4 is 0 Å². The van der Waals surface area contributed by atoms with E-state index in [4.69, 9.17) is 14.2 Å². The quantitative estimate of drug-likeness (QED) is 0.829. The lowest BCUT2D eigenvalue weighted by atomic mass is 9.79. The van der Waals surface area contributed by atoms with Crippen molar-refractivity contribution in [3.05, 3.63) is 30.1 Å². The van der Waals surface area contributed by atoms with Crippen LogP contribution in [0.5, 0.6) is 0 Å². The van der Waals surface area contributed by atoms with Gasteiger partial charge >= 0.3 is 0 Å². The number of hydrogen-bond donors (Lipinski definition) is 0. The number of rotatable bonds is 5. The molecule has 5 heteroatoms. The molecule has 0 aromatic carbocycles. The van der Waals surface area contributed by atoms with Gasteiger partial charge in [0.25, 0.3) is 0 Å². The second-order valence-corrected chi connectivity index (χ2v) is 6.98. The van der Waals surface area contributed by atoms with Gasteiger partial charge < -0.3 is 14.2 Å². The van der Waals surface area contributed by atoms with Gasteiger partial charge in [0.2, 0.25) is 0 Å². The normalized spacial score (nSPS) is 28.1. The van der Waals surface area contributed by atoms with Crippen LogP contribution < -0.4 is 0 Å². The van der Waals surface area contributed by atoms with Crippen LogP contribution >= 0.6 is 0 Å². The van der Waals surface area contributed by atoms with E-state index in [0.29, 0.717) is 18.6 Å². The zero-order valence-electron chi connectivity index (χ0n) is 13.7. The molecule has 1 aromatic heterocycles. The maximum Gasteiger partial charge on any atom is 0.0985 e. The fourth-order valence-corrected chi connectivity index (χ4v) is 4.11. The number of nitrogens with zero attached hydrogens (tertiary/aromatic N) is 2. The lowest BCUT2D eigenvalue weighted by molar-refractivity contribution is -0.164. The van der Waals surface area contributed by atoms with Crippen LogP contribution in [0.2, 0.25) is 0 Å². The molecule has 3 aliphatic rings. The molecule has 4 rings (SSSR count). The highest BCUT2D eigenvalue weighted by atomic mass is 16.5. The van der Waals surface area contributed by atoms with E-state index in [-0.39, 0.29) is 5.60 Å². The van der Waals surface area contributed by atoms with E-state index in [0.717, 1.165) is 64.5 Å². The average molecular weight is 318 g/mol. The highest BCUT2D eigenvalue weighted by Crippen LogP contribution is 2.42. The van der Waals surface area contributed by atoms with Crippen molar-refractivity contribution in [2.45, 2.75) is 37.5 Å². The fraction of sp³-hybridized carbons (Fsp3) is 0.722. The molecule has 3 saturated heterocycles. The van der Waals surface area contributed by atoms with E-state index in [2.05, 4.69) is 9.88 Å². The number of hydrogen-bond acceptors (Lipinski definition) is 5. The third kappa shape index (κ3) is 3.29. The minimum Gasteiger partial charge on any atom is -0.381 e. The maximum absolute atomic E-state index is 6.14. The molecule has 0 bridgehead atoms. The summed E-state index contributed by atoms with van der Waals surface area (Å²) < 4.78 is 17.5. The molecule has 3 fully saturated rings. The Hall–Kier alpha value is -1.01. The highest BCUT2D eigenvalue weighted by molar-refractivity contribution is 5.07. The van der Waals surface area contributed by atoms with Gasteiger partial charge in [-0.1, -0.05) is 6.07 Å². The van der Waals surface area contributed by atoms with Gasteiger partial charge in [-0.25, -0.2) is 0 Å². The number of aromatic nitrogens is 1. The largest absolute Gasteiger partial charge is 0.381 e. The molecule has 0 unspecified atom stereocenters.